The fourth-order valence-corrected chi connectivity index (χ4v) is 6.37. The third kappa shape index (κ3) is 5.83. The summed E-state index contributed by atoms with van der Waals surface area (Å²) < 4.78 is 0. The van der Waals surface area contributed by atoms with Gasteiger partial charge < -0.3 is 15.1 Å². The van der Waals surface area contributed by atoms with Crippen molar-refractivity contribution in [2.45, 2.75) is 110 Å². The van der Waals surface area contributed by atoms with Gasteiger partial charge in [0.2, 0.25) is 0 Å². The van der Waals surface area contributed by atoms with E-state index in [0.29, 0.717) is 5.56 Å². The zero-order valence-electron chi connectivity index (χ0n) is 24.4. The number of aryl methyl sites for hydroxylation is 2. The second-order valence-electron chi connectivity index (χ2n) is 11.7. The van der Waals surface area contributed by atoms with Gasteiger partial charge in [0.15, 0.2) is 0 Å². The number of rotatable bonds is 10. The second kappa shape index (κ2) is 12.0. The monoisotopic (exact) mass is 521 g/mol. The van der Waals surface area contributed by atoms with Crippen LogP contribution in [0.25, 0.3) is 0 Å². The zero-order valence-corrected chi connectivity index (χ0v) is 24.4. The van der Waals surface area contributed by atoms with Crippen molar-refractivity contribution < 1.29 is 19.8 Å². The van der Waals surface area contributed by atoms with E-state index in [-0.39, 0.29) is 17.2 Å². The van der Waals surface area contributed by atoms with Crippen LogP contribution >= 0.6 is 0 Å². The molecule has 1 aliphatic rings. The average Bonchev–Trinajstić information content (AvgIpc) is 2.90. The molecular formula is C33H47NO4. The van der Waals surface area contributed by atoms with Crippen molar-refractivity contribution >= 4 is 11.9 Å². The van der Waals surface area contributed by atoms with Gasteiger partial charge in [0.25, 0.3) is 5.91 Å². The molecule has 0 heterocycles. The van der Waals surface area contributed by atoms with Crippen molar-refractivity contribution in [2.24, 2.45) is 5.92 Å². The molecule has 0 bridgehead atoms. The number of likely N-dealkylation sites (N-methyl/N-ethyl adjacent to an activating group) is 1. The number of benzene rings is 2. The number of nitrogens with zero attached hydrogens (tertiary/aromatic N) is 1. The van der Waals surface area contributed by atoms with Crippen LogP contribution in [0.4, 0.5) is 0 Å². The molecule has 1 aliphatic carbocycles. The Hall–Kier alpha value is -2.66. The molecule has 2 unspecified atom stereocenters. The molecule has 38 heavy (non-hydrogen) atoms. The first-order valence-electron chi connectivity index (χ1n) is 14.3. The van der Waals surface area contributed by atoms with Crippen LogP contribution in [0.1, 0.15) is 111 Å². The lowest BCUT2D eigenvalue weighted by atomic mass is 9.69. The van der Waals surface area contributed by atoms with Gasteiger partial charge in [-0.1, -0.05) is 70.4 Å². The van der Waals surface area contributed by atoms with Crippen LogP contribution in [-0.2, 0) is 16.6 Å². The van der Waals surface area contributed by atoms with Gasteiger partial charge in [0, 0.05) is 18.0 Å². The summed E-state index contributed by atoms with van der Waals surface area (Å²) in [6, 6.07) is 11.9. The number of aliphatic carboxylic acids is 1. The summed E-state index contributed by atoms with van der Waals surface area (Å²) >= 11 is 0. The zero-order chi connectivity index (χ0) is 28.3. The fraction of sp³-hybridized carbons (Fsp3) is 0.576. The Morgan fingerprint density at radius 2 is 1.50 bits per heavy atom. The normalized spacial score (nSPS) is 17.1. The van der Waals surface area contributed by atoms with E-state index in [1.165, 1.54) is 47.5 Å². The van der Waals surface area contributed by atoms with Gasteiger partial charge in [-0.2, -0.15) is 0 Å². The predicted molar refractivity (Wildman–Crippen MR) is 154 cm³/mol. The molecule has 0 radical (unpaired) electrons. The van der Waals surface area contributed by atoms with Gasteiger partial charge in [0.1, 0.15) is 6.04 Å². The van der Waals surface area contributed by atoms with Crippen LogP contribution in [0.5, 0.6) is 0 Å². The molecule has 5 nitrogen and oxygen atoms in total. The van der Waals surface area contributed by atoms with Crippen molar-refractivity contribution in [1.82, 2.24) is 4.90 Å². The van der Waals surface area contributed by atoms with Crippen LogP contribution in [0.3, 0.4) is 0 Å². The summed E-state index contributed by atoms with van der Waals surface area (Å²) in [5.41, 5.74) is 5.64. The topological polar surface area (TPSA) is 77.8 Å². The summed E-state index contributed by atoms with van der Waals surface area (Å²) in [6.07, 6.45) is 7.99. The lowest BCUT2D eigenvalue weighted by Crippen LogP contribution is -2.40. The average molecular weight is 522 g/mol. The first-order chi connectivity index (χ1) is 17.9. The summed E-state index contributed by atoms with van der Waals surface area (Å²) in [5, 5.41) is 20.5. The molecule has 0 spiro atoms. The molecular weight excluding hydrogens is 474 g/mol. The predicted octanol–water partition coefficient (Wildman–Crippen LogP) is 6.83. The number of amides is 1. The minimum atomic E-state index is -1.02. The first-order valence-corrected chi connectivity index (χ1v) is 14.3. The number of hydrogen-bond donors (Lipinski definition) is 2. The highest BCUT2D eigenvalue weighted by atomic mass is 16.4. The van der Waals surface area contributed by atoms with Gasteiger partial charge in [-0.25, -0.2) is 4.79 Å². The fourth-order valence-electron chi connectivity index (χ4n) is 6.37. The van der Waals surface area contributed by atoms with E-state index < -0.39 is 17.6 Å². The highest BCUT2D eigenvalue weighted by molar-refractivity contribution is 5.97. The number of carboxylic acid groups (broad SMARTS) is 1. The van der Waals surface area contributed by atoms with E-state index in [0.717, 1.165) is 50.5 Å². The number of carbonyl (C=O) groups is 2. The molecule has 2 aromatic carbocycles. The van der Waals surface area contributed by atoms with E-state index in [4.69, 9.17) is 0 Å². The molecule has 1 fully saturated rings. The van der Waals surface area contributed by atoms with Gasteiger partial charge in [0.05, 0.1) is 5.60 Å². The van der Waals surface area contributed by atoms with Crippen LogP contribution in [0.15, 0.2) is 36.4 Å². The van der Waals surface area contributed by atoms with Crippen LogP contribution in [0.2, 0.25) is 0 Å². The maximum atomic E-state index is 13.0. The minimum absolute atomic E-state index is 0.191. The van der Waals surface area contributed by atoms with Crippen molar-refractivity contribution in [3.05, 3.63) is 69.8 Å². The maximum absolute atomic E-state index is 13.0. The SMILES string of the molecule is CCC(CC)(c1ccc(CC(C)C2(O)CCCCC2)c(C)c1)c1ccc(C(=O)N(C)C(C)C(=O)O)c(C)c1. The molecule has 208 valence electrons. The number of hydrogen-bond acceptors (Lipinski definition) is 3. The summed E-state index contributed by atoms with van der Waals surface area (Å²) in [5.74, 6) is -1.08. The van der Waals surface area contributed by atoms with E-state index in [2.05, 4.69) is 52.0 Å². The molecule has 2 aromatic rings. The second-order valence-corrected chi connectivity index (χ2v) is 11.7. The van der Waals surface area contributed by atoms with Crippen molar-refractivity contribution in [3.8, 4) is 0 Å². The van der Waals surface area contributed by atoms with Crippen molar-refractivity contribution in [1.29, 1.82) is 0 Å². The summed E-state index contributed by atoms with van der Waals surface area (Å²) in [6.45, 7) is 12.2. The van der Waals surface area contributed by atoms with Gasteiger partial charge in [-0.05, 0) is 92.7 Å². The molecule has 5 heteroatoms. The lowest BCUT2D eigenvalue weighted by Gasteiger charge is -2.38. The molecule has 0 aromatic heterocycles. The first kappa shape index (κ1) is 29.9. The molecule has 2 atom stereocenters. The molecule has 1 saturated carbocycles. The van der Waals surface area contributed by atoms with Crippen molar-refractivity contribution in [2.75, 3.05) is 7.05 Å². The van der Waals surface area contributed by atoms with Crippen LogP contribution < -0.4 is 0 Å². The highest BCUT2D eigenvalue weighted by Gasteiger charge is 2.36. The Kier molecular flexibility index (Phi) is 9.46. The Labute approximate surface area is 229 Å². The highest BCUT2D eigenvalue weighted by Crippen LogP contribution is 2.41. The van der Waals surface area contributed by atoms with Gasteiger partial charge in [-0.3, -0.25) is 4.79 Å². The molecule has 1 amide bonds. The number of aliphatic hydroxyl groups is 1. The number of carbonyl (C=O) groups excluding carboxylic acids is 1. The third-order valence-corrected chi connectivity index (χ3v) is 9.53. The molecule has 3 rings (SSSR count). The molecule has 0 aliphatic heterocycles. The third-order valence-electron chi connectivity index (χ3n) is 9.53. The smallest absolute Gasteiger partial charge is 0.326 e. The minimum Gasteiger partial charge on any atom is -0.480 e. The summed E-state index contributed by atoms with van der Waals surface area (Å²) in [7, 11) is 1.54. The quantitative estimate of drug-likeness (QED) is 0.359. The standard InChI is InChI=1S/C33H47NO4/c1-8-32(9-2,28-15-16-29(23(4)20-28)30(35)34(7)25(6)31(36)37)27-14-13-26(22(3)19-27)21-24(5)33(38)17-11-10-12-18-33/h13-16,19-20,24-25,38H,8-12,17-18,21H2,1-7H3,(H,36,37). The molecule has 0 saturated heterocycles. The molecule has 2 N–H and O–H groups in total. The van der Waals surface area contributed by atoms with E-state index in [1.807, 2.05) is 19.1 Å². The van der Waals surface area contributed by atoms with Gasteiger partial charge >= 0.3 is 5.97 Å². The van der Waals surface area contributed by atoms with Crippen LogP contribution in [0, 0.1) is 19.8 Å². The largest absolute Gasteiger partial charge is 0.480 e. The Balaban J connectivity index is 1.91. The van der Waals surface area contributed by atoms with Crippen molar-refractivity contribution in [3.63, 3.8) is 0 Å². The maximum Gasteiger partial charge on any atom is 0.326 e. The Morgan fingerprint density at radius 3 is 2.00 bits per heavy atom. The van der Waals surface area contributed by atoms with Gasteiger partial charge in [-0.15, -0.1) is 0 Å². The Morgan fingerprint density at radius 1 is 0.947 bits per heavy atom. The van der Waals surface area contributed by atoms with E-state index in [1.54, 1.807) is 0 Å². The van der Waals surface area contributed by atoms with Crippen LogP contribution in [-0.4, -0.2) is 45.7 Å². The Bertz CT molecular complexity index is 1140. The number of carboxylic acids is 1. The van der Waals surface area contributed by atoms with E-state index in [9.17, 15) is 19.8 Å². The van der Waals surface area contributed by atoms with E-state index >= 15 is 0 Å². The lowest BCUT2D eigenvalue weighted by molar-refractivity contribution is -0.141. The summed E-state index contributed by atoms with van der Waals surface area (Å²) in [4.78, 5) is 25.7.